The number of rotatable bonds is 2. The maximum Gasteiger partial charge on any atom is 0.166 e. The molecular formula is C13H11BrFNO. The number of aryl methyl sites for hydroxylation is 1. The Morgan fingerprint density at radius 3 is 2.47 bits per heavy atom. The Morgan fingerprint density at radius 1 is 1.12 bits per heavy atom. The van der Waals surface area contributed by atoms with Crippen molar-refractivity contribution in [2.45, 2.75) is 6.92 Å². The molecule has 0 saturated carbocycles. The van der Waals surface area contributed by atoms with Crippen LogP contribution < -0.4 is 10.5 Å². The predicted octanol–water partition coefficient (Wildman–Crippen LogP) is 4.27. The van der Waals surface area contributed by atoms with E-state index in [1.807, 2.05) is 13.0 Å². The molecule has 0 radical (unpaired) electrons. The SMILES string of the molecule is Cc1ccc(Oc2ccc(Br)cc2F)c(N)c1. The van der Waals surface area contributed by atoms with E-state index in [2.05, 4.69) is 15.9 Å². The molecule has 17 heavy (non-hydrogen) atoms. The van der Waals surface area contributed by atoms with Crippen LogP contribution in [-0.2, 0) is 0 Å². The Balaban J connectivity index is 2.31. The summed E-state index contributed by atoms with van der Waals surface area (Å²) in [7, 11) is 0. The summed E-state index contributed by atoms with van der Waals surface area (Å²) in [6.45, 7) is 1.93. The molecule has 0 unspecified atom stereocenters. The molecule has 0 spiro atoms. The fourth-order valence-corrected chi connectivity index (χ4v) is 1.77. The summed E-state index contributed by atoms with van der Waals surface area (Å²) in [5, 5.41) is 0. The van der Waals surface area contributed by atoms with Crippen molar-refractivity contribution in [1.82, 2.24) is 0 Å². The molecule has 2 nitrogen and oxygen atoms in total. The van der Waals surface area contributed by atoms with Gasteiger partial charge in [0.2, 0.25) is 0 Å². The van der Waals surface area contributed by atoms with Gasteiger partial charge in [-0.1, -0.05) is 22.0 Å². The first-order valence-corrected chi connectivity index (χ1v) is 5.84. The average Bonchev–Trinajstić information content (AvgIpc) is 2.25. The van der Waals surface area contributed by atoms with Crippen LogP contribution in [0.15, 0.2) is 40.9 Å². The largest absolute Gasteiger partial charge is 0.452 e. The normalized spacial score (nSPS) is 10.3. The van der Waals surface area contributed by atoms with Gasteiger partial charge in [-0.05, 0) is 42.8 Å². The molecule has 0 aliphatic heterocycles. The maximum atomic E-state index is 13.6. The van der Waals surface area contributed by atoms with Crippen molar-refractivity contribution >= 4 is 21.6 Å². The van der Waals surface area contributed by atoms with E-state index >= 15 is 0 Å². The molecule has 2 aromatic rings. The summed E-state index contributed by atoms with van der Waals surface area (Å²) in [6.07, 6.45) is 0. The summed E-state index contributed by atoms with van der Waals surface area (Å²) in [5.74, 6) is 0.180. The van der Waals surface area contributed by atoms with E-state index in [0.717, 1.165) is 5.56 Å². The topological polar surface area (TPSA) is 35.2 Å². The molecule has 0 aliphatic carbocycles. The van der Waals surface area contributed by atoms with Crippen LogP contribution in [0.4, 0.5) is 10.1 Å². The number of nitrogen functional groups attached to an aromatic ring is 1. The summed E-state index contributed by atoms with van der Waals surface area (Å²) in [5.41, 5.74) is 7.32. The second-order valence-corrected chi connectivity index (χ2v) is 4.63. The van der Waals surface area contributed by atoms with Crippen LogP contribution in [0.3, 0.4) is 0 Å². The number of nitrogens with two attached hydrogens (primary N) is 1. The Kier molecular flexibility index (Phi) is 3.33. The molecule has 4 heteroatoms. The highest BCUT2D eigenvalue weighted by Crippen LogP contribution is 2.30. The molecule has 88 valence electrons. The van der Waals surface area contributed by atoms with Crippen molar-refractivity contribution in [2.75, 3.05) is 5.73 Å². The number of hydrogen-bond acceptors (Lipinski definition) is 2. The molecule has 2 aromatic carbocycles. The Bertz CT molecular complexity index is 508. The first kappa shape index (κ1) is 11.9. The summed E-state index contributed by atoms with van der Waals surface area (Å²) in [6, 6.07) is 9.99. The highest BCUT2D eigenvalue weighted by Gasteiger charge is 2.07. The number of halogens is 2. The molecule has 0 amide bonds. The lowest BCUT2D eigenvalue weighted by Gasteiger charge is -2.09. The molecule has 0 atom stereocenters. The molecule has 2 N–H and O–H groups in total. The van der Waals surface area contributed by atoms with E-state index in [1.165, 1.54) is 6.07 Å². The van der Waals surface area contributed by atoms with Crippen molar-refractivity contribution in [3.63, 3.8) is 0 Å². The Morgan fingerprint density at radius 2 is 1.82 bits per heavy atom. The van der Waals surface area contributed by atoms with Crippen molar-refractivity contribution in [2.24, 2.45) is 0 Å². The quantitative estimate of drug-likeness (QED) is 0.840. The van der Waals surface area contributed by atoms with Gasteiger partial charge >= 0.3 is 0 Å². The van der Waals surface area contributed by atoms with Crippen molar-refractivity contribution < 1.29 is 9.13 Å². The smallest absolute Gasteiger partial charge is 0.166 e. The summed E-state index contributed by atoms with van der Waals surface area (Å²) < 4.78 is 19.6. The van der Waals surface area contributed by atoms with Crippen LogP contribution in [0.2, 0.25) is 0 Å². The zero-order chi connectivity index (χ0) is 12.4. The van der Waals surface area contributed by atoms with Gasteiger partial charge in [0.15, 0.2) is 11.6 Å². The molecular weight excluding hydrogens is 285 g/mol. The van der Waals surface area contributed by atoms with E-state index in [1.54, 1.807) is 24.3 Å². The second kappa shape index (κ2) is 4.75. The molecule has 0 aromatic heterocycles. The van der Waals surface area contributed by atoms with E-state index in [0.29, 0.717) is 15.9 Å². The number of benzene rings is 2. The van der Waals surface area contributed by atoms with Gasteiger partial charge in [-0.15, -0.1) is 0 Å². The molecule has 0 aliphatic rings. The van der Waals surface area contributed by atoms with Gasteiger partial charge in [0, 0.05) is 4.47 Å². The van der Waals surface area contributed by atoms with Gasteiger partial charge in [-0.3, -0.25) is 0 Å². The zero-order valence-corrected chi connectivity index (χ0v) is 10.8. The monoisotopic (exact) mass is 295 g/mol. The van der Waals surface area contributed by atoms with Gasteiger partial charge < -0.3 is 10.5 Å². The molecule has 0 bridgehead atoms. The minimum Gasteiger partial charge on any atom is -0.452 e. The minimum atomic E-state index is -0.431. The van der Waals surface area contributed by atoms with Crippen molar-refractivity contribution in [3.8, 4) is 11.5 Å². The van der Waals surface area contributed by atoms with Gasteiger partial charge in [-0.25, -0.2) is 4.39 Å². The second-order valence-electron chi connectivity index (χ2n) is 3.72. The van der Waals surface area contributed by atoms with Crippen LogP contribution in [0, 0.1) is 12.7 Å². The van der Waals surface area contributed by atoms with E-state index in [9.17, 15) is 4.39 Å². The van der Waals surface area contributed by atoms with Gasteiger partial charge in [0.1, 0.15) is 5.75 Å². The fraction of sp³-hybridized carbons (Fsp3) is 0.0769. The first-order chi connectivity index (χ1) is 8.06. The lowest BCUT2D eigenvalue weighted by atomic mass is 10.2. The number of anilines is 1. The van der Waals surface area contributed by atoms with Crippen molar-refractivity contribution in [3.05, 3.63) is 52.3 Å². The van der Waals surface area contributed by atoms with Crippen molar-refractivity contribution in [1.29, 1.82) is 0 Å². The number of ether oxygens (including phenoxy) is 1. The van der Waals surface area contributed by atoms with E-state index in [4.69, 9.17) is 10.5 Å². The fourth-order valence-electron chi connectivity index (χ4n) is 1.44. The van der Waals surface area contributed by atoms with Gasteiger partial charge in [-0.2, -0.15) is 0 Å². The third-order valence-corrected chi connectivity index (χ3v) is 2.77. The van der Waals surface area contributed by atoms with Crippen LogP contribution >= 0.6 is 15.9 Å². The van der Waals surface area contributed by atoms with E-state index < -0.39 is 5.82 Å². The highest BCUT2D eigenvalue weighted by molar-refractivity contribution is 9.10. The standard InChI is InChI=1S/C13H11BrFNO/c1-8-2-4-13(11(16)6-8)17-12-5-3-9(14)7-10(12)15/h2-7H,16H2,1H3. The summed E-state index contributed by atoms with van der Waals surface area (Å²) >= 11 is 3.19. The van der Waals surface area contributed by atoms with Crippen LogP contribution in [0.25, 0.3) is 0 Å². The Labute approximate surface area is 107 Å². The van der Waals surface area contributed by atoms with Crippen LogP contribution in [-0.4, -0.2) is 0 Å². The van der Waals surface area contributed by atoms with Crippen LogP contribution in [0.5, 0.6) is 11.5 Å². The molecule has 0 fully saturated rings. The van der Waals surface area contributed by atoms with Crippen LogP contribution in [0.1, 0.15) is 5.56 Å². The third kappa shape index (κ3) is 2.77. The molecule has 0 saturated heterocycles. The molecule has 0 heterocycles. The van der Waals surface area contributed by atoms with Gasteiger partial charge in [0.05, 0.1) is 5.69 Å². The minimum absolute atomic E-state index is 0.156. The number of hydrogen-bond donors (Lipinski definition) is 1. The zero-order valence-electron chi connectivity index (χ0n) is 9.21. The maximum absolute atomic E-state index is 13.6. The first-order valence-electron chi connectivity index (χ1n) is 5.05. The lowest BCUT2D eigenvalue weighted by Crippen LogP contribution is -1.94. The van der Waals surface area contributed by atoms with E-state index in [-0.39, 0.29) is 5.75 Å². The predicted molar refractivity (Wildman–Crippen MR) is 69.8 cm³/mol. The third-order valence-electron chi connectivity index (χ3n) is 2.28. The summed E-state index contributed by atoms with van der Waals surface area (Å²) in [4.78, 5) is 0. The van der Waals surface area contributed by atoms with Gasteiger partial charge in [0.25, 0.3) is 0 Å². The Hall–Kier alpha value is -1.55. The lowest BCUT2D eigenvalue weighted by molar-refractivity contribution is 0.444. The highest BCUT2D eigenvalue weighted by atomic mass is 79.9. The average molecular weight is 296 g/mol. The molecule has 2 rings (SSSR count).